The van der Waals surface area contributed by atoms with Crippen LogP contribution in [0.1, 0.15) is 369 Å². The number of carboxylic acids is 3. The van der Waals surface area contributed by atoms with E-state index >= 15 is 0 Å². The largest absolute Gasteiger partial charge is 0.507 e. The second kappa shape index (κ2) is 69.3. The highest BCUT2D eigenvalue weighted by molar-refractivity contribution is 5.91. The van der Waals surface area contributed by atoms with E-state index in [4.69, 9.17) is 20.1 Å². The van der Waals surface area contributed by atoms with Gasteiger partial charge in [0.2, 0.25) is 0 Å². The number of carbonyl (C=O) groups is 12. The Hall–Kier alpha value is -9.63. The zero-order valence-corrected chi connectivity index (χ0v) is 85.6. The molecule has 0 amide bonds. The van der Waals surface area contributed by atoms with E-state index < -0.39 is 17.9 Å². The molecule has 0 aliphatic heterocycles. The minimum atomic E-state index is -0.792. The third kappa shape index (κ3) is 45.5. The Kier molecular flexibility index (Phi) is 58.9. The Bertz CT molecular complexity index is 4260. The number of aliphatic carboxylic acids is 3. The molecule has 10 aliphatic rings. The van der Waals surface area contributed by atoms with Gasteiger partial charge in [-0.3, -0.25) is 62.5 Å². The van der Waals surface area contributed by atoms with Crippen molar-refractivity contribution in [2.24, 2.45) is 82.9 Å². The number of para-hydroxylation sites is 1. The lowest BCUT2D eigenvalue weighted by Crippen LogP contribution is -2.40. The van der Waals surface area contributed by atoms with Crippen molar-refractivity contribution in [1.29, 1.82) is 0 Å². The fraction of sp³-hybridized carbons (Fsp3) is 0.636. The maximum Gasteiger partial charge on any atom is 0.311 e. The first-order chi connectivity index (χ1) is 67.3. The van der Waals surface area contributed by atoms with Crippen LogP contribution >= 0.6 is 0 Å². The first kappa shape index (κ1) is 118. The predicted octanol–water partition coefficient (Wildman–Crippen LogP) is 27.0. The second-order valence-electron chi connectivity index (χ2n) is 39.9. The molecule has 12 atom stereocenters. The molecule has 0 bridgehead atoms. The lowest BCUT2D eigenvalue weighted by atomic mass is 9.78. The number of carbonyl (C=O) groups excluding carboxylic acids is 9. The number of carboxylic acid groups (broad SMARTS) is 3. The number of aromatic nitrogens is 1. The second-order valence-corrected chi connectivity index (χ2v) is 39.9. The maximum absolute atomic E-state index is 12.4. The highest BCUT2D eigenvalue weighted by Crippen LogP contribution is 2.42. The Morgan fingerprint density at radius 1 is 0.331 bits per heavy atom. The Morgan fingerprint density at radius 3 is 0.921 bits per heavy atom. The summed E-state index contributed by atoms with van der Waals surface area (Å²) in [6.45, 7) is 12.3. The average Bonchev–Trinajstić information content (AvgIpc) is 1.38. The fourth-order valence-corrected chi connectivity index (χ4v) is 21.9. The van der Waals surface area contributed by atoms with Gasteiger partial charge in [-0.1, -0.05) is 272 Å². The highest BCUT2D eigenvalue weighted by Gasteiger charge is 2.41. The molecule has 10 aliphatic carbocycles. The number of phenols is 1. The number of hydrogen-bond donors (Lipinski definition) is 5. The molecule has 1 aromatic heterocycles. The van der Waals surface area contributed by atoms with Gasteiger partial charge in [0.1, 0.15) is 46.0 Å². The summed E-state index contributed by atoms with van der Waals surface area (Å²) in [6.07, 6.45) is 77.5. The molecule has 1 heterocycles. The number of nitrogens with one attached hydrogen (secondary N) is 1. The minimum Gasteiger partial charge on any atom is -0.507 e. The van der Waals surface area contributed by atoms with E-state index in [1.165, 1.54) is 117 Å². The fourth-order valence-electron chi connectivity index (χ4n) is 21.9. The van der Waals surface area contributed by atoms with E-state index in [2.05, 4.69) is 77.0 Å². The predicted molar refractivity (Wildman–Crippen MR) is 554 cm³/mol. The van der Waals surface area contributed by atoms with Crippen LogP contribution < -0.4 is 10.1 Å². The molecule has 21 nitrogen and oxygen atoms in total. The topological polar surface area (TPSA) is 338 Å². The molecule has 10 fully saturated rings. The highest BCUT2D eigenvalue weighted by atomic mass is 16.5. The number of fused-ring (bicyclic) bond motifs is 2. The third-order valence-electron chi connectivity index (χ3n) is 29.7. The normalized spacial score (nSPS) is 24.0. The number of aromatic hydroxyl groups is 1. The Balaban J connectivity index is 0.000000242. The molecular formula is C118H172N2O19. The van der Waals surface area contributed by atoms with E-state index in [9.17, 15) is 62.6 Å². The molecule has 0 spiro atoms. The summed E-state index contributed by atoms with van der Waals surface area (Å²) >= 11 is 0. The quantitative estimate of drug-likeness (QED) is 0.0162. The number of ketones is 6. The molecule has 10 saturated carbocycles. The van der Waals surface area contributed by atoms with Crippen molar-refractivity contribution >= 4 is 92.2 Å². The molecular weight excluding hydrogens is 1750 g/mol. The van der Waals surface area contributed by atoms with E-state index in [0.717, 1.165) is 136 Å². The summed E-state index contributed by atoms with van der Waals surface area (Å²) in [6, 6.07) is 24.4. The van der Waals surface area contributed by atoms with E-state index in [0.29, 0.717) is 99.2 Å². The molecule has 14 rings (SSSR count). The van der Waals surface area contributed by atoms with Crippen molar-refractivity contribution in [3.63, 3.8) is 0 Å². The van der Waals surface area contributed by atoms with Crippen molar-refractivity contribution in [2.45, 2.75) is 381 Å². The molecule has 0 saturated heterocycles. The lowest BCUT2D eigenvalue weighted by Gasteiger charge is -2.30. The number of allylic oxidation sites excluding steroid dienone is 12. The monoisotopic (exact) mass is 1920 g/mol. The molecule has 21 heteroatoms. The summed E-state index contributed by atoms with van der Waals surface area (Å²) < 4.78 is 14.9. The summed E-state index contributed by atoms with van der Waals surface area (Å²) in [5, 5.41) is 42.3. The molecule has 0 radical (unpaired) electrons. The minimum absolute atomic E-state index is 0.0295. The molecule has 3 aromatic carbocycles. The summed E-state index contributed by atoms with van der Waals surface area (Å²) in [7, 11) is 2.79. The van der Waals surface area contributed by atoms with Crippen molar-refractivity contribution in [1.82, 2.24) is 10.3 Å². The number of hydrogen-bond acceptors (Lipinski definition) is 18. The number of ether oxygens (including phenoxy) is 3. The van der Waals surface area contributed by atoms with Gasteiger partial charge in [0.05, 0.1) is 14.2 Å². The van der Waals surface area contributed by atoms with Gasteiger partial charge in [-0.05, 0) is 219 Å². The smallest absolute Gasteiger partial charge is 0.311 e. The molecule has 139 heavy (non-hydrogen) atoms. The molecule has 768 valence electrons. The Morgan fingerprint density at radius 2 is 0.612 bits per heavy atom. The summed E-state index contributed by atoms with van der Waals surface area (Å²) in [4.78, 5) is 141. The van der Waals surface area contributed by atoms with Gasteiger partial charge >= 0.3 is 35.8 Å². The number of pyridine rings is 1. The number of rotatable bonds is 35. The first-order valence-corrected chi connectivity index (χ1v) is 53.6. The van der Waals surface area contributed by atoms with E-state index in [1.54, 1.807) is 50.4 Å². The lowest BCUT2D eigenvalue weighted by molar-refractivity contribution is -0.143. The maximum atomic E-state index is 12.4. The van der Waals surface area contributed by atoms with Gasteiger partial charge in [0.25, 0.3) is 0 Å². The van der Waals surface area contributed by atoms with Crippen LogP contribution in [0.25, 0.3) is 21.7 Å². The van der Waals surface area contributed by atoms with Crippen LogP contribution in [0, 0.1) is 82.9 Å². The zero-order valence-electron chi connectivity index (χ0n) is 85.6. The number of methoxy groups -OCH3 is 2. The summed E-state index contributed by atoms with van der Waals surface area (Å²) in [5.74, 6) is 2.03. The van der Waals surface area contributed by atoms with Gasteiger partial charge < -0.3 is 40.0 Å². The molecule has 12 unspecified atom stereocenters. The van der Waals surface area contributed by atoms with Crippen LogP contribution in [-0.4, -0.2) is 122 Å². The zero-order chi connectivity index (χ0) is 101. The number of benzene rings is 3. The van der Waals surface area contributed by atoms with Gasteiger partial charge in [-0.25, -0.2) is 0 Å². The first-order valence-electron chi connectivity index (χ1n) is 53.6. The van der Waals surface area contributed by atoms with Gasteiger partial charge in [-0.15, -0.1) is 0 Å². The third-order valence-corrected chi connectivity index (χ3v) is 29.7. The van der Waals surface area contributed by atoms with Gasteiger partial charge in [0, 0.05) is 142 Å². The Labute approximate surface area is 831 Å². The van der Waals surface area contributed by atoms with Crippen LogP contribution in [0.2, 0.25) is 0 Å². The van der Waals surface area contributed by atoms with Gasteiger partial charge in [0.15, 0.2) is 5.75 Å². The number of Topliss-reactive ketones (excluding diaryl/α,β-unsaturated/α-hetero) is 6. The SMILES string of the molecule is C1CCC(CC2CCCCC2)CC1.C1CCC(NC2CCCCC2)CC1.CC/C=C\CC1C(=O)CCC1CC(=O)O.CC/C=C\CC1C(=O)CCC1CC(=O)O.CC/C=C\CC1C(=O)CCC1CC(=O)O.CC/C=C\CC1C(=O)CCC1CC(=O)OC.CC/C=C\CC1C(=O)CCC1CC(=O)OC.CC/C=C\CC1C(=O)CCC1CC(=O)Oc1cccc2cccnc12.Oc1cccc2ccccc12. The average molecular weight is 1920 g/mol. The number of phenolic OH excluding ortho intramolecular Hbond substituents is 1. The van der Waals surface area contributed by atoms with Crippen LogP contribution in [-0.2, 0) is 67.0 Å². The van der Waals surface area contributed by atoms with Crippen molar-refractivity contribution in [3.8, 4) is 11.5 Å². The number of nitrogens with zero attached hydrogens (tertiary/aromatic N) is 1. The van der Waals surface area contributed by atoms with Crippen LogP contribution in [0.4, 0.5) is 0 Å². The van der Waals surface area contributed by atoms with Crippen LogP contribution in [0.15, 0.2) is 152 Å². The standard InChI is InChI=1S/C21H23NO3.2C13H20O3.C13H24.C12H23N.3C12H18O3.C10H8O/c1-2-3-4-9-17-16(11-12-18(17)23)14-20(24)25-19-10-5-7-15-8-6-13-22-21(15)19;2*1-3-4-5-6-11-10(7-8-12(11)14)9-13(15)16-2;1-3-7-12(8-4-1)11-13-9-5-2-6-10-13;1-3-7-11(8-4-1)13-12-9-5-2-6-10-12;3*1-2-3-4-5-10-9(8-12(14)15)6-7-11(10)13;11-10-7-3-5-8-4-1-2-6-9(8)10/h3-8,10,13,16-17H,2,9,11-12,14H2,1H3;2*4-5,10-11H,3,6-9H2,1-2H3;12-13H,1-11H2;11-13H,1-10H2;3*3-4,9-10H,2,5-8H2,1H3,(H,14,15);1-7,11H/b4-3-;2*5-4-;;;3*4-3-;. The molecule has 4 aromatic rings. The van der Waals surface area contributed by atoms with Gasteiger partial charge in [-0.2, -0.15) is 0 Å². The van der Waals surface area contributed by atoms with Crippen molar-refractivity contribution < 1.29 is 92.2 Å². The number of esters is 3. The summed E-state index contributed by atoms with van der Waals surface area (Å²) in [5.41, 5.74) is 0.684. The van der Waals surface area contributed by atoms with Crippen molar-refractivity contribution in [3.05, 3.63) is 152 Å². The van der Waals surface area contributed by atoms with Crippen LogP contribution in [0.5, 0.6) is 11.5 Å². The van der Waals surface area contributed by atoms with E-state index in [-0.39, 0.29) is 138 Å². The van der Waals surface area contributed by atoms with E-state index in [1.807, 2.05) is 118 Å². The van der Waals surface area contributed by atoms with Crippen molar-refractivity contribution in [2.75, 3.05) is 14.2 Å². The van der Waals surface area contributed by atoms with Crippen LogP contribution in [0.3, 0.4) is 0 Å². The molecule has 5 N–H and O–H groups in total.